The molecule has 27 heavy (non-hydrogen) atoms. The number of carbonyl (C=O) groups excluding carboxylic acids is 1. The van der Waals surface area contributed by atoms with Crippen molar-refractivity contribution < 1.29 is 23.4 Å². The summed E-state index contributed by atoms with van der Waals surface area (Å²) in [5.41, 5.74) is -0.0719. The third-order valence-corrected chi connectivity index (χ3v) is 4.49. The Bertz CT molecular complexity index is 1050. The van der Waals surface area contributed by atoms with Crippen molar-refractivity contribution in [3.63, 3.8) is 0 Å². The topological polar surface area (TPSA) is 75.0 Å². The van der Waals surface area contributed by atoms with Gasteiger partial charge in [-0.15, -0.1) is 0 Å². The first-order valence-electron chi connectivity index (χ1n) is 8.43. The lowest BCUT2D eigenvalue weighted by Crippen LogP contribution is -2.24. The Labute approximate surface area is 159 Å². The summed E-state index contributed by atoms with van der Waals surface area (Å²) in [6.07, 6.45) is 2.14. The van der Waals surface area contributed by atoms with Crippen LogP contribution in [0, 0.1) is 0 Å². The van der Waals surface area contributed by atoms with Crippen LogP contribution < -0.4 is 14.9 Å². The third-order valence-electron chi connectivity index (χ3n) is 4.18. The molecule has 1 aliphatic heterocycles. The number of esters is 1. The summed E-state index contributed by atoms with van der Waals surface area (Å²) in [5.74, 6) is 0.200. The van der Waals surface area contributed by atoms with Gasteiger partial charge >= 0.3 is 5.97 Å². The summed E-state index contributed by atoms with van der Waals surface area (Å²) in [4.78, 5) is 24.7. The zero-order chi connectivity index (χ0) is 18.8. The number of benzene rings is 2. The lowest BCUT2D eigenvalue weighted by molar-refractivity contribution is -0.144. The Morgan fingerprint density at radius 2 is 2.00 bits per heavy atom. The maximum absolute atomic E-state index is 12.6. The first kappa shape index (κ1) is 17.6. The van der Waals surface area contributed by atoms with E-state index in [1.165, 1.54) is 24.5 Å². The van der Waals surface area contributed by atoms with E-state index in [0.29, 0.717) is 29.2 Å². The predicted molar refractivity (Wildman–Crippen MR) is 98.6 cm³/mol. The maximum atomic E-state index is 12.6. The van der Waals surface area contributed by atoms with E-state index in [2.05, 4.69) is 0 Å². The van der Waals surface area contributed by atoms with Crippen LogP contribution in [0.3, 0.4) is 0 Å². The molecule has 0 aliphatic carbocycles. The van der Waals surface area contributed by atoms with Gasteiger partial charge in [-0.25, -0.2) is 4.79 Å². The molecule has 0 spiro atoms. The minimum Gasteiger partial charge on any atom is -0.460 e. The number of rotatable bonds is 4. The minimum absolute atomic E-state index is 0.0136. The lowest BCUT2D eigenvalue weighted by atomic mass is 10.2. The van der Waals surface area contributed by atoms with Gasteiger partial charge in [-0.05, 0) is 37.1 Å². The first-order chi connectivity index (χ1) is 13.1. The highest BCUT2D eigenvalue weighted by Gasteiger charge is 2.25. The summed E-state index contributed by atoms with van der Waals surface area (Å²) in [6, 6.07) is 11.4. The van der Waals surface area contributed by atoms with E-state index in [1.807, 2.05) is 0 Å². The van der Waals surface area contributed by atoms with Crippen LogP contribution in [0.4, 0.5) is 0 Å². The van der Waals surface area contributed by atoms with Gasteiger partial charge < -0.3 is 18.6 Å². The second kappa shape index (κ2) is 7.42. The normalized spacial score (nSPS) is 16.4. The summed E-state index contributed by atoms with van der Waals surface area (Å²) < 4.78 is 21.7. The molecule has 0 amide bonds. The quantitative estimate of drug-likeness (QED) is 0.491. The predicted octanol–water partition coefficient (Wildman–Crippen LogP) is 4.32. The van der Waals surface area contributed by atoms with Gasteiger partial charge in [0, 0.05) is 12.7 Å². The highest BCUT2D eigenvalue weighted by Crippen LogP contribution is 2.29. The zero-order valence-electron chi connectivity index (χ0n) is 14.1. The van der Waals surface area contributed by atoms with Crippen molar-refractivity contribution in [2.45, 2.75) is 18.9 Å². The number of hydrogen-bond acceptors (Lipinski definition) is 6. The third kappa shape index (κ3) is 3.67. The summed E-state index contributed by atoms with van der Waals surface area (Å²) in [6.45, 7) is 0.556. The number of carbonyl (C=O) groups is 1. The molecule has 0 N–H and O–H groups in total. The van der Waals surface area contributed by atoms with E-state index in [9.17, 15) is 9.59 Å². The van der Waals surface area contributed by atoms with Crippen molar-refractivity contribution in [2.75, 3.05) is 6.61 Å². The van der Waals surface area contributed by atoms with Crippen molar-refractivity contribution in [3.8, 4) is 17.2 Å². The zero-order valence-corrected chi connectivity index (χ0v) is 14.9. The van der Waals surface area contributed by atoms with Gasteiger partial charge in [0.25, 0.3) is 0 Å². The molecule has 1 saturated heterocycles. The van der Waals surface area contributed by atoms with Crippen molar-refractivity contribution >= 4 is 28.5 Å². The summed E-state index contributed by atoms with van der Waals surface area (Å²) in [5, 5.41) is 0.685. The van der Waals surface area contributed by atoms with Gasteiger partial charge in [0.15, 0.2) is 6.10 Å². The Kier molecular flexibility index (Phi) is 4.83. The molecular formula is C20H15ClO6. The molecule has 1 aromatic heterocycles. The molecular weight excluding hydrogens is 372 g/mol. The molecule has 0 saturated carbocycles. The molecule has 1 aliphatic rings. The molecule has 2 aromatic carbocycles. The Hall–Kier alpha value is -2.83. The molecule has 0 radical (unpaired) electrons. The molecule has 138 valence electrons. The molecule has 3 aromatic rings. The smallest absolute Gasteiger partial charge is 0.340 e. The monoisotopic (exact) mass is 386 g/mol. The van der Waals surface area contributed by atoms with Gasteiger partial charge in [0.05, 0.1) is 10.4 Å². The highest BCUT2D eigenvalue weighted by molar-refractivity contribution is 6.32. The number of para-hydroxylation sites is 1. The largest absolute Gasteiger partial charge is 0.460 e. The Morgan fingerprint density at radius 1 is 1.15 bits per heavy atom. The standard InChI is InChI=1S/C20H15ClO6/c21-14-4-1-2-5-15(14)27-18-11-25-17-10-12(7-8-13(17)19(18)22)26-20(23)16-6-3-9-24-16/h1-2,4-5,7-8,10-11,16H,3,6,9H2. The first-order valence-corrected chi connectivity index (χ1v) is 8.81. The molecule has 6 nitrogen and oxygen atoms in total. The van der Waals surface area contributed by atoms with Crippen LogP contribution in [0.5, 0.6) is 17.2 Å². The SMILES string of the molecule is O=C(Oc1ccc2c(=O)c(Oc3ccccc3Cl)coc2c1)C1CCCO1. The molecule has 7 heteroatoms. The Balaban J connectivity index is 1.59. The van der Waals surface area contributed by atoms with Crippen LogP contribution in [0.2, 0.25) is 5.02 Å². The summed E-state index contributed by atoms with van der Waals surface area (Å²) >= 11 is 6.05. The number of ether oxygens (including phenoxy) is 3. The summed E-state index contributed by atoms with van der Waals surface area (Å²) in [7, 11) is 0. The second-order valence-corrected chi connectivity index (χ2v) is 6.45. The molecule has 1 fully saturated rings. The minimum atomic E-state index is -0.542. The van der Waals surface area contributed by atoms with Crippen LogP contribution in [-0.4, -0.2) is 18.7 Å². The number of fused-ring (bicyclic) bond motifs is 1. The van der Waals surface area contributed by atoms with Gasteiger partial charge in [0.2, 0.25) is 11.2 Å². The van der Waals surface area contributed by atoms with Crippen molar-refractivity contribution in [2.24, 2.45) is 0 Å². The fourth-order valence-electron chi connectivity index (χ4n) is 2.82. The number of hydrogen-bond donors (Lipinski definition) is 0. The van der Waals surface area contributed by atoms with Crippen molar-refractivity contribution in [3.05, 3.63) is 64.0 Å². The van der Waals surface area contributed by atoms with Crippen molar-refractivity contribution in [1.29, 1.82) is 0 Å². The molecule has 2 heterocycles. The van der Waals surface area contributed by atoms with E-state index in [1.54, 1.807) is 24.3 Å². The van der Waals surface area contributed by atoms with E-state index >= 15 is 0 Å². The number of halogens is 1. The van der Waals surface area contributed by atoms with Crippen LogP contribution >= 0.6 is 11.6 Å². The molecule has 0 bridgehead atoms. The fourth-order valence-corrected chi connectivity index (χ4v) is 2.99. The molecule has 4 rings (SSSR count). The fraction of sp³-hybridized carbons (Fsp3) is 0.200. The van der Waals surface area contributed by atoms with Gasteiger partial charge in [0.1, 0.15) is 23.3 Å². The van der Waals surface area contributed by atoms with Crippen LogP contribution in [0.25, 0.3) is 11.0 Å². The van der Waals surface area contributed by atoms with E-state index in [0.717, 1.165) is 6.42 Å². The van der Waals surface area contributed by atoms with Gasteiger partial charge in [-0.1, -0.05) is 23.7 Å². The average molecular weight is 387 g/mol. The van der Waals surface area contributed by atoms with Gasteiger partial charge in [-0.3, -0.25) is 4.79 Å². The second-order valence-electron chi connectivity index (χ2n) is 6.04. The van der Waals surface area contributed by atoms with Crippen LogP contribution in [0.1, 0.15) is 12.8 Å². The van der Waals surface area contributed by atoms with E-state index in [-0.39, 0.29) is 22.5 Å². The van der Waals surface area contributed by atoms with Gasteiger partial charge in [-0.2, -0.15) is 0 Å². The molecule has 1 atom stereocenters. The lowest BCUT2D eigenvalue weighted by Gasteiger charge is -2.10. The van der Waals surface area contributed by atoms with E-state index in [4.69, 9.17) is 30.2 Å². The average Bonchev–Trinajstić information content (AvgIpc) is 3.21. The van der Waals surface area contributed by atoms with Crippen LogP contribution in [0.15, 0.2) is 57.9 Å². The Morgan fingerprint density at radius 3 is 2.78 bits per heavy atom. The highest BCUT2D eigenvalue weighted by atomic mass is 35.5. The van der Waals surface area contributed by atoms with E-state index < -0.39 is 12.1 Å². The van der Waals surface area contributed by atoms with Crippen molar-refractivity contribution in [1.82, 2.24) is 0 Å². The maximum Gasteiger partial charge on any atom is 0.340 e. The molecule has 1 unspecified atom stereocenters. The van der Waals surface area contributed by atoms with Crippen LogP contribution in [-0.2, 0) is 9.53 Å².